The maximum Gasteiger partial charge on any atom is 0.0231 e. The third-order valence-corrected chi connectivity index (χ3v) is 3.44. The van der Waals surface area contributed by atoms with Crippen molar-refractivity contribution in [1.29, 1.82) is 0 Å². The molecule has 0 amide bonds. The fraction of sp³-hybridized carbons (Fsp3) is 0.818. The van der Waals surface area contributed by atoms with E-state index < -0.39 is 0 Å². The normalized spacial score (nSPS) is 29.9. The molecule has 0 saturated carbocycles. The maximum atomic E-state index is 3.99. The SMILES string of the molecule is C=C(C)N1CCC(C)(C(C)C)C1. The van der Waals surface area contributed by atoms with E-state index in [-0.39, 0.29) is 0 Å². The summed E-state index contributed by atoms with van der Waals surface area (Å²) in [6.45, 7) is 15.5. The van der Waals surface area contributed by atoms with Crippen LogP contribution in [0.2, 0.25) is 0 Å². The van der Waals surface area contributed by atoms with Gasteiger partial charge in [-0.25, -0.2) is 0 Å². The van der Waals surface area contributed by atoms with Crippen molar-refractivity contribution >= 4 is 0 Å². The van der Waals surface area contributed by atoms with Crippen LogP contribution in [-0.2, 0) is 0 Å². The van der Waals surface area contributed by atoms with E-state index in [2.05, 4.69) is 39.2 Å². The molecule has 70 valence electrons. The third kappa shape index (κ3) is 1.65. The molecule has 1 atom stereocenters. The van der Waals surface area contributed by atoms with Gasteiger partial charge in [0.1, 0.15) is 0 Å². The number of nitrogens with zero attached hydrogens (tertiary/aromatic N) is 1. The van der Waals surface area contributed by atoms with Crippen molar-refractivity contribution in [2.45, 2.75) is 34.1 Å². The molecule has 0 N–H and O–H groups in total. The minimum Gasteiger partial charge on any atom is -0.375 e. The van der Waals surface area contributed by atoms with Crippen LogP contribution < -0.4 is 0 Å². The van der Waals surface area contributed by atoms with Gasteiger partial charge in [0.05, 0.1) is 0 Å². The number of hydrogen-bond acceptors (Lipinski definition) is 1. The Balaban J connectivity index is 2.60. The van der Waals surface area contributed by atoms with Gasteiger partial charge in [0.2, 0.25) is 0 Å². The molecule has 0 radical (unpaired) electrons. The van der Waals surface area contributed by atoms with Crippen LogP contribution in [0.25, 0.3) is 0 Å². The van der Waals surface area contributed by atoms with Crippen LogP contribution in [-0.4, -0.2) is 18.0 Å². The summed E-state index contributed by atoms with van der Waals surface area (Å²) in [6.07, 6.45) is 1.32. The Kier molecular flexibility index (Phi) is 2.50. The number of likely N-dealkylation sites (tertiary alicyclic amines) is 1. The van der Waals surface area contributed by atoms with E-state index in [1.165, 1.54) is 25.2 Å². The van der Waals surface area contributed by atoms with Gasteiger partial charge in [-0.2, -0.15) is 0 Å². The van der Waals surface area contributed by atoms with Gasteiger partial charge in [-0.1, -0.05) is 27.4 Å². The minimum atomic E-state index is 0.513. The van der Waals surface area contributed by atoms with E-state index in [0.717, 1.165) is 5.92 Å². The van der Waals surface area contributed by atoms with E-state index in [9.17, 15) is 0 Å². The van der Waals surface area contributed by atoms with Crippen molar-refractivity contribution < 1.29 is 0 Å². The van der Waals surface area contributed by atoms with Crippen molar-refractivity contribution in [2.24, 2.45) is 11.3 Å². The van der Waals surface area contributed by atoms with Crippen molar-refractivity contribution in [1.82, 2.24) is 4.90 Å². The highest BCUT2D eigenvalue weighted by Gasteiger charge is 2.35. The van der Waals surface area contributed by atoms with Gasteiger partial charge in [-0.05, 0) is 24.7 Å². The number of allylic oxidation sites excluding steroid dienone is 1. The molecule has 1 aliphatic heterocycles. The van der Waals surface area contributed by atoms with Gasteiger partial charge >= 0.3 is 0 Å². The van der Waals surface area contributed by atoms with Crippen LogP contribution in [0.3, 0.4) is 0 Å². The largest absolute Gasteiger partial charge is 0.375 e. The molecule has 1 nitrogen and oxygen atoms in total. The van der Waals surface area contributed by atoms with E-state index in [1.807, 2.05) is 0 Å². The lowest BCUT2D eigenvalue weighted by molar-refractivity contribution is 0.225. The molecular weight excluding hydrogens is 146 g/mol. The van der Waals surface area contributed by atoms with Crippen LogP contribution in [0, 0.1) is 11.3 Å². The fourth-order valence-corrected chi connectivity index (χ4v) is 1.78. The molecule has 0 spiro atoms. The van der Waals surface area contributed by atoms with Gasteiger partial charge in [0.15, 0.2) is 0 Å². The minimum absolute atomic E-state index is 0.513. The second kappa shape index (κ2) is 3.12. The van der Waals surface area contributed by atoms with E-state index in [1.54, 1.807) is 0 Å². The molecule has 1 rings (SSSR count). The van der Waals surface area contributed by atoms with Crippen LogP contribution in [0.5, 0.6) is 0 Å². The molecule has 0 aromatic heterocycles. The average Bonchev–Trinajstić information content (AvgIpc) is 2.33. The molecule has 0 aliphatic carbocycles. The predicted molar refractivity (Wildman–Crippen MR) is 53.9 cm³/mol. The van der Waals surface area contributed by atoms with Crippen molar-refractivity contribution in [2.75, 3.05) is 13.1 Å². The first-order valence-electron chi connectivity index (χ1n) is 4.86. The molecule has 1 heteroatoms. The molecule has 1 heterocycles. The highest BCUT2D eigenvalue weighted by atomic mass is 15.2. The van der Waals surface area contributed by atoms with Gasteiger partial charge in [0, 0.05) is 18.8 Å². The predicted octanol–water partition coefficient (Wildman–Crippen LogP) is 2.89. The lowest BCUT2D eigenvalue weighted by Crippen LogP contribution is -2.27. The topological polar surface area (TPSA) is 3.24 Å². The zero-order valence-electron chi connectivity index (χ0n) is 8.85. The second-order valence-electron chi connectivity index (χ2n) is 4.72. The Morgan fingerprint density at radius 2 is 2.08 bits per heavy atom. The first kappa shape index (κ1) is 9.63. The number of rotatable bonds is 2. The summed E-state index contributed by atoms with van der Waals surface area (Å²) >= 11 is 0. The molecule has 1 aliphatic rings. The summed E-state index contributed by atoms with van der Waals surface area (Å²) in [7, 11) is 0. The lowest BCUT2D eigenvalue weighted by atomic mass is 9.78. The molecule has 12 heavy (non-hydrogen) atoms. The zero-order chi connectivity index (χ0) is 9.35. The first-order chi connectivity index (χ1) is 5.46. The first-order valence-corrected chi connectivity index (χ1v) is 4.86. The Labute approximate surface area is 76.5 Å². The van der Waals surface area contributed by atoms with Crippen molar-refractivity contribution in [3.05, 3.63) is 12.3 Å². The Hall–Kier alpha value is -0.460. The Bertz CT molecular complexity index is 183. The highest BCUT2D eigenvalue weighted by Crippen LogP contribution is 2.38. The lowest BCUT2D eigenvalue weighted by Gasteiger charge is -2.29. The third-order valence-electron chi connectivity index (χ3n) is 3.44. The molecule has 0 bridgehead atoms. The van der Waals surface area contributed by atoms with Gasteiger partial charge < -0.3 is 4.90 Å². The van der Waals surface area contributed by atoms with Gasteiger partial charge in [-0.3, -0.25) is 0 Å². The second-order valence-corrected chi connectivity index (χ2v) is 4.72. The van der Waals surface area contributed by atoms with Crippen LogP contribution in [0.1, 0.15) is 34.1 Å². The Morgan fingerprint density at radius 3 is 2.33 bits per heavy atom. The van der Waals surface area contributed by atoms with Crippen molar-refractivity contribution in [3.63, 3.8) is 0 Å². The average molecular weight is 167 g/mol. The van der Waals surface area contributed by atoms with E-state index in [4.69, 9.17) is 0 Å². The molecule has 1 fully saturated rings. The quantitative estimate of drug-likeness (QED) is 0.611. The monoisotopic (exact) mass is 167 g/mol. The fourth-order valence-electron chi connectivity index (χ4n) is 1.78. The summed E-state index contributed by atoms with van der Waals surface area (Å²) in [4.78, 5) is 2.40. The van der Waals surface area contributed by atoms with Crippen molar-refractivity contribution in [3.8, 4) is 0 Å². The standard InChI is InChI=1S/C11H21N/c1-9(2)11(5)6-7-12(8-11)10(3)4/h9H,3,6-8H2,1-2,4-5H3. The summed E-state index contributed by atoms with van der Waals surface area (Å²) in [5, 5.41) is 0. The highest BCUT2D eigenvalue weighted by molar-refractivity contribution is 4.98. The van der Waals surface area contributed by atoms with Crippen LogP contribution >= 0.6 is 0 Å². The Morgan fingerprint density at radius 1 is 1.50 bits per heavy atom. The zero-order valence-corrected chi connectivity index (χ0v) is 8.85. The summed E-state index contributed by atoms with van der Waals surface area (Å²) in [6, 6.07) is 0. The molecule has 1 saturated heterocycles. The van der Waals surface area contributed by atoms with Gasteiger partial charge in [0.25, 0.3) is 0 Å². The van der Waals surface area contributed by atoms with E-state index >= 15 is 0 Å². The number of hydrogen-bond donors (Lipinski definition) is 0. The smallest absolute Gasteiger partial charge is 0.0231 e. The summed E-state index contributed by atoms with van der Waals surface area (Å²) in [5.41, 5.74) is 1.73. The molecular formula is C11H21N. The summed E-state index contributed by atoms with van der Waals surface area (Å²) in [5.74, 6) is 0.779. The van der Waals surface area contributed by atoms with E-state index in [0.29, 0.717) is 5.41 Å². The van der Waals surface area contributed by atoms with Crippen LogP contribution in [0.15, 0.2) is 12.3 Å². The maximum absolute atomic E-state index is 3.99. The van der Waals surface area contributed by atoms with Gasteiger partial charge in [-0.15, -0.1) is 0 Å². The molecule has 0 aromatic rings. The summed E-state index contributed by atoms with van der Waals surface area (Å²) < 4.78 is 0. The molecule has 0 aromatic carbocycles. The van der Waals surface area contributed by atoms with Crippen LogP contribution in [0.4, 0.5) is 0 Å². The molecule has 1 unspecified atom stereocenters.